The Labute approximate surface area is 153 Å². The van der Waals surface area contributed by atoms with E-state index in [0.29, 0.717) is 35.4 Å². The lowest BCUT2D eigenvalue weighted by Gasteiger charge is -2.28. The number of rotatable bonds is 2. The topological polar surface area (TPSA) is 74.8 Å². The van der Waals surface area contributed by atoms with E-state index in [0.717, 1.165) is 12.1 Å². The van der Waals surface area contributed by atoms with Crippen LogP contribution in [0.25, 0.3) is 0 Å². The molecule has 1 aromatic heterocycles. The van der Waals surface area contributed by atoms with E-state index in [1.54, 1.807) is 6.92 Å². The summed E-state index contributed by atoms with van der Waals surface area (Å²) in [6.45, 7) is 5.63. The van der Waals surface area contributed by atoms with E-state index in [1.165, 1.54) is 12.1 Å². The first-order valence-corrected chi connectivity index (χ1v) is 8.34. The van der Waals surface area contributed by atoms with Gasteiger partial charge in [-0.1, -0.05) is 25.1 Å². The average molecular weight is 380 g/mol. The first-order valence-electron chi connectivity index (χ1n) is 8.34. The number of carbonyl (C=O) groups excluding carboxylic acids is 1. The van der Waals surface area contributed by atoms with Gasteiger partial charge in [0.05, 0.1) is 11.3 Å². The van der Waals surface area contributed by atoms with Crippen LogP contribution in [0.5, 0.6) is 0 Å². The van der Waals surface area contributed by atoms with Crippen molar-refractivity contribution in [2.45, 2.75) is 39.8 Å². The molecule has 0 unspecified atom stereocenters. The van der Waals surface area contributed by atoms with Crippen molar-refractivity contribution >= 4 is 17.3 Å². The summed E-state index contributed by atoms with van der Waals surface area (Å²) in [5.74, 6) is -0.127. The van der Waals surface area contributed by atoms with Gasteiger partial charge in [0.1, 0.15) is 5.76 Å². The first-order chi connectivity index (χ1) is 12.5. The number of nitrogens with one attached hydrogen (secondary N) is 1. The Morgan fingerprint density at radius 1 is 1.30 bits per heavy atom. The Kier molecular flexibility index (Phi) is 4.53. The average Bonchev–Trinajstić information content (AvgIpc) is 2.89. The van der Waals surface area contributed by atoms with Gasteiger partial charge in [-0.3, -0.25) is 4.79 Å². The standard InChI is InChI=1S/C19H19F3N2O3/c1-10-15-13(24-26)8-18(2,3)9-14(15)27-16(10)17(25)23-12-6-4-5-11(7-12)19(20,21)22/h4-7,26H,8-9H2,1-3H3,(H,23,25). The first kappa shape index (κ1) is 19.0. The highest BCUT2D eigenvalue weighted by atomic mass is 19.4. The van der Waals surface area contributed by atoms with Gasteiger partial charge >= 0.3 is 6.18 Å². The third-order valence-electron chi connectivity index (χ3n) is 4.57. The van der Waals surface area contributed by atoms with E-state index in [1.807, 2.05) is 13.8 Å². The fourth-order valence-electron chi connectivity index (χ4n) is 3.38. The second-order valence-electron chi connectivity index (χ2n) is 7.45. The molecule has 3 rings (SSSR count). The molecule has 8 heteroatoms. The number of furan rings is 1. The highest BCUT2D eigenvalue weighted by Crippen LogP contribution is 2.39. The Balaban J connectivity index is 1.93. The molecule has 2 N–H and O–H groups in total. The maximum atomic E-state index is 12.8. The second kappa shape index (κ2) is 6.44. The second-order valence-corrected chi connectivity index (χ2v) is 7.45. The number of carbonyl (C=O) groups is 1. The third kappa shape index (κ3) is 3.70. The lowest BCUT2D eigenvalue weighted by Crippen LogP contribution is -2.27. The molecule has 0 spiro atoms. The van der Waals surface area contributed by atoms with Crippen LogP contribution < -0.4 is 5.32 Å². The molecule has 0 atom stereocenters. The van der Waals surface area contributed by atoms with Crippen LogP contribution in [0.2, 0.25) is 0 Å². The molecule has 0 bridgehead atoms. The summed E-state index contributed by atoms with van der Waals surface area (Å²) in [7, 11) is 0. The monoisotopic (exact) mass is 380 g/mol. The smallest absolute Gasteiger partial charge is 0.416 e. The summed E-state index contributed by atoms with van der Waals surface area (Å²) in [6, 6.07) is 4.38. The van der Waals surface area contributed by atoms with Crippen molar-refractivity contribution in [1.82, 2.24) is 0 Å². The Bertz CT molecular complexity index is 927. The fourth-order valence-corrected chi connectivity index (χ4v) is 3.38. The van der Waals surface area contributed by atoms with E-state index >= 15 is 0 Å². The van der Waals surface area contributed by atoms with Gasteiger partial charge in [0.15, 0.2) is 5.76 Å². The van der Waals surface area contributed by atoms with Crippen molar-refractivity contribution < 1.29 is 27.6 Å². The molecule has 144 valence electrons. The summed E-state index contributed by atoms with van der Waals surface area (Å²) in [5, 5.41) is 15.1. The number of hydrogen-bond acceptors (Lipinski definition) is 4. The molecule has 1 aliphatic carbocycles. The summed E-state index contributed by atoms with van der Waals surface area (Å²) in [5.41, 5.74) is 0.477. The fraction of sp³-hybridized carbons (Fsp3) is 0.368. The molecule has 0 aliphatic heterocycles. The normalized spacial score (nSPS) is 17.6. The van der Waals surface area contributed by atoms with Crippen LogP contribution >= 0.6 is 0 Å². The molecule has 2 aromatic rings. The van der Waals surface area contributed by atoms with Crippen molar-refractivity contribution in [2.75, 3.05) is 5.32 Å². The third-order valence-corrected chi connectivity index (χ3v) is 4.57. The summed E-state index contributed by atoms with van der Waals surface area (Å²) in [4.78, 5) is 12.6. The number of nitrogens with zero attached hydrogens (tertiary/aromatic N) is 1. The predicted molar refractivity (Wildman–Crippen MR) is 93.3 cm³/mol. The van der Waals surface area contributed by atoms with Gasteiger partial charge in [-0.25, -0.2) is 0 Å². The van der Waals surface area contributed by atoms with Crippen LogP contribution in [0.1, 0.15) is 53.3 Å². The number of anilines is 1. The zero-order valence-corrected chi connectivity index (χ0v) is 15.1. The zero-order valence-electron chi connectivity index (χ0n) is 15.1. The molecule has 0 saturated heterocycles. The number of hydrogen-bond donors (Lipinski definition) is 2. The number of halogens is 3. The number of benzene rings is 1. The molecule has 0 saturated carbocycles. The largest absolute Gasteiger partial charge is 0.455 e. The van der Waals surface area contributed by atoms with Crippen molar-refractivity contribution in [3.8, 4) is 0 Å². The quantitative estimate of drug-likeness (QED) is 0.568. The van der Waals surface area contributed by atoms with Gasteiger partial charge in [-0.15, -0.1) is 0 Å². The Morgan fingerprint density at radius 2 is 2.00 bits per heavy atom. The van der Waals surface area contributed by atoms with Crippen molar-refractivity contribution in [3.63, 3.8) is 0 Å². The zero-order chi connectivity index (χ0) is 20.0. The number of fused-ring (bicyclic) bond motifs is 1. The van der Waals surface area contributed by atoms with Crippen molar-refractivity contribution in [2.24, 2.45) is 10.6 Å². The lowest BCUT2D eigenvalue weighted by molar-refractivity contribution is -0.137. The maximum Gasteiger partial charge on any atom is 0.416 e. The van der Waals surface area contributed by atoms with Crippen molar-refractivity contribution in [1.29, 1.82) is 0 Å². The molecule has 27 heavy (non-hydrogen) atoms. The van der Waals surface area contributed by atoms with Gasteiger partial charge in [-0.2, -0.15) is 13.2 Å². The number of amides is 1. The van der Waals surface area contributed by atoms with Crippen LogP contribution in [0, 0.1) is 12.3 Å². The van der Waals surface area contributed by atoms with Gasteiger partial charge < -0.3 is 14.9 Å². The molecule has 1 heterocycles. The SMILES string of the molecule is Cc1c(C(=O)Nc2cccc(C(F)(F)F)c2)oc2c1C(=NO)CC(C)(C)C2. The lowest BCUT2D eigenvalue weighted by atomic mass is 9.75. The summed E-state index contributed by atoms with van der Waals surface area (Å²) >= 11 is 0. The van der Waals surface area contributed by atoms with Gasteiger partial charge in [0.25, 0.3) is 5.91 Å². The number of oxime groups is 1. The minimum Gasteiger partial charge on any atom is -0.455 e. The molecule has 0 fully saturated rings. The minimum absolute atomic E-state index is 0.00346. The summed E-state index contributed by atoms with van der Waals surface area (Å²) in [6.07, 6.45) is -3.43. The van der Waals surface area contributed by atoms with Gasteiger partial charge in [-0.05, 0) is 37.0 Å². The molecular formula is C19H19F3N2O3. The van der Waals surface area contributed by atoms with Crippen LogP contribution in [0.15, 0.2) is 33.8 Å². The predicted octanol–water partition coefficient (Wildman–Crippen LogP) is 5.01. The number of alkyl halides is 3. The van der Waals surface area contributed by atoms with Gasteiger partial charge in [0, 0.05) is 23.2 Å². The minimum atomic E-state index is -4.50. The van der Waals surface area contributed by atoms with Crippen molar-refractivity contribution in [3.05, 3.63) is 52.5 Å². The highest BCUT2D eigenvalue weighted by Gasteiger charge is 2.36. The van der Waals surface area contributed by atoms with E-state index in [-0.39, 0.29) is 16.9 Å². The summed E-state index contributed by atoms with van der Waals surface area (Å²) < 4.78 is 44.2. The Hall–Kier alpha value is -2.77. The Morgan fingerprint density at radius 3 is 2.63 bits per heavy atom. The highest BCUT2D eigenvalue weighted by molar-refractivity contribution is 6.09. The molecule has 5 nitrogen and oxygen atoms in total. The molecule has 0 radical (unpaired) electrons. The molecule has 1 amide bonds. The van der Waals surface area contributed by atoms with Crippen LogP contribution in [0.3, 0.4) is 0 Å². The van der Waals surface area contributed by atoms with Crippen LogP contribution in [-0.4, -0.2) is 16.8 Å². The maximum absolute atomic E-state index is 12.8. The van der Waals surface area contributed by atoms with E-state index in [4.69, 9.17) is 4.42 Å². The van der Waals surface area contributed by atoms with E-state index < -0.39 is 17.6 Å². The molecule has 1 aromatic carbocycles. The van der Waals surface area contributed by atoms with Crippen LogP contribution in [-0.2, 0) is 12.6 Å². The van der Waals surface area contributed by atoms with Crippen LogP contribution in [0.4, 0.5) is 18.9 Å². The molecular weight excluding hydrogens is 361 g/mol. The van der Waals surface area contributed by atoms with E-state index in [2.05, 4.69) is 10.5 Å². The van der Waals surface area contributed by atoms with Gasteiger partial charge in [0.2, 0.25) is 0 Å². The molecule has 1 aliphatic rings. The van der Waals surface area contributed by atoms with E-state index in [9.17, 15) is 23.2 Å².